The minimum atomic E-state index is -0.732. The number of phenols is 1. The number of aromatic hydroxyl groups is 1. The number of ether oxygens (including phenoxy) is 11. The van der Waals surface area contributed by atoms with Crippen LogP contribution in [0.3, 0.4) is 0 Å². The van der Waals surface area contributed by atoms with Gasteiger partial charge in [-0.25, -0.2) is 0 Å². The number of aliphatic hydroxyl groups excluding tert-OH is 13. The van der Waals surface area contributed by atoms with Gasteiger partial charge in [0, 0.05) is 34.0 Å². The number of aldehydes is 2. The maximum Gasteiger partial charge on any atom is 2.00 e. The molecule has 12 rings (SSSR count). The molecule has 0 spiro atoms. The zero-order chi connectivity index (χ0) is 103. The molecule has 0 aliphatic carbocycles. The van der Waals surface area contributed by atoms with Gasteiger partial charge in [0.2, 0.25) is 0 Å². The molecular formula is C107H143Br3MgO27. The fourth-order valence-electron chi connectivity index (χ4n) is 12.9. The molecule has 0 amide bonds. The summed E-state index contributed by atoms with van der Waals surface area (Å²) in [6.45, 7) is 38.3. The number of epoxide rings is 2. The number of rotatable bonds is 31. The molecule has 0 radical (unpaired) electrons. The first-order valence-corrected chi connectivity index (χ1v) is 45.7. The van der Waals surface area contributed by atoms with Crippen LogP contribution in [0.25, 0.3) is 6.08 Å². The summed E-state index contributed by atoms with van der Waals surface area (Å²) < 4.78 is 56.3. The fraction of sp³-hybridized carbons (Fsp3) is 0.383. The molecule has 0 saturated carbocycles. The van der Waals surface area contributed by atoms with E-state index in [1.165, 1.54) is 63.0 Å². The topological polar surface area (TPSA) is 425 Å². The van der Waals surface area contributed by atoms with E-state index in [-0.39, 0.29) is 122 Å². The standard InChI is InChI=1S/C12H15BrO2.2C12H16O4.3C12H16O3.C10H12O3.C9H10O4.C7H7Br.C5H10O.C2H6.C2H3.BrH.Mg/c1-9-11(8-14)6-10(4-3-5-13)7-12(9)15-2;2*1-7-9(5-13)3-8(4-10(7)15-2)12(14)11-6-16-11;3*1-4-11(14)9-5-10(7-13)8(2)12(6-9)15-3;1-7-9(6-12)3-8(5-11)4-10(7)13-2;1-13-8-3-6(4-10)2-7(5-11)9(8)12;8-6-7-4-2-1-3-5-7;1-5-3-2-4-6-5;2*1-2;;/h3-4,6-7,14H,5,8H2,1-2H3;2*3-4,11-14H,5-6H2,1-2H3;3*4-6,11,13-14H,1,7H2,2-3H3;3-5,12H,6H2,1-2H3;2-4,11-12H,5H2,1H3;1-5H,6H2;5H,2-4H2,1H3;1-2H3;1H,2H2;1H;/q;;;;;;;;;;;-1;;+2/p-1/b4-3+;;;;;;;;;;;;;/t;2*11-,12-;11-;;;;;;;;;;/m.000........../s1. The summed E-state index contributed by atoms with van der Waals surface area (Å²) >= 11 is 6.68. The number of halogens is 3. The first-order valence-electron chi connectivity index (χ1n) is 43.5. The van der Waals surface area contributed by atoms with Gasteiger partial charge in [0.1, 0.15) is 77.2 Å². The third kappa shape index (κ3) is 43.1. The minimum absolute atomic E-state index is 0. The van der Waals surface area contributed by atoms with E-state index in [4.69, 9.17) is 77.6 Å². The van der Waals surface area contributed by atoms with Gasteiger partial charge in [-0.3, -0.25) is 16.2 Å². The van der Waals surface area contributed by atoms with Crippen molar-refractivity contribution in [2.45, 2.75) is 189 Å². The Bertz CT molecular complexity index is 4570. The van der Waals surface area contributed by atoms with E-state index in [0.29, 0.717) is 87.9 Å². The van der Waals surface area contributed by atoms with Crippen LogP contribution in [0, 0.1) is 55.0 Å². The number of alkyl halides is 2. The smallest absolute Gasteiger partial charge is 1.00 e. The van der Waals surface area contributed by atoms with Crippen LogP contribution in [0.1, 0.15) is 207 Å². The number of hydrogen-bond donors (Lipinski definition) is 14. The summed E-state index contributed by atoms with van der Waals surface area (Å²) in [6.07, 6.45) is 9.05. The van der Waals surface area contributed by atoms with Gasteiger partial charge in [0.15, 0.2) is 11.5 Å². The van der Waals surface area contributed by atoms with Gasteiger partial charge in [0.25, 0.3) is 0 Å². The number of hydrogen-bond acceptors (Lipinski definition) is 27. The Morgan fingerprint density at radius 2 is 0.652 bits per heavy atom. The number of carbonyl (C=O) groups excluding carboxylic acids is 2. The van der Waals surface area contributed by atoms with Gasteiger partial charge in [0.05, 0.1) is 147 Å². The fourth-order valence-corrected chi connectivity index (χ4v) is 13.4. The van der Waals surface area contributed by atoms with Crippen molar-refractivity contribution in [3.63, 3.8) is 0 Å². The summed E-state index contributed by atoms with van der Waals surface area (Å²) in [5, 5.41) is 133. The molecule has 3 aliphatic heterocycles. The number of methoxy groups -OCH3 is 8. The molecule has 0 bridgehead atoms. The largest absolute Gasteiger partial charge is 2.00 e. The first-order chi connectivity index (χ1) is 65.2. The monoisotopic (exact) mass is 2120 g/mol. The normalized spacial score (nSPS) is 13.9. The molecule has 3 heterocycles. The third-order valence-corrected chi connectivity index (χ3v) is 22.4. The molecule has 27 nitrogen and oxygen atoms in total. The second-order valence-electron chi connectivity index (χ2n) is 30.0. The second kappa shape index (κ2) is 73.0. The SMILES string of the molecule is BrCc1ccccc1.C=CC(O)c1cc(CO)c(C)c(OC)c1.C=CC(O)c1cc(CO)c(C)c(OC)c1.C=C[C@H](O)c1cc(CO)c(C)c(OC)c1.CC.CC1CCCO1.COc1cc(/C=C/CBr)cc(CO)c1C.COc1cc(C=O)cc(CO)c1C.COc1cc(C=O)cc(CO)c1O.COc1cc([C@H](O)[C@@H]2CO2)cc(CO)c1C.COc1cc([C@H](O)[C@@H]2CO2)cc(CO)c1C.[Br-].[CH-]=C.[Mg+2]. The number of carbonyl (C=O) groups is 2. The molecule has 9 aromatic carbocycles. The Hall–Kier alpha value is -9.21. The molecule has 138 heavy (non-hydrogen) atoms. The molecule has 31 heteroatoms. The maximum absolute atomic E-state index is 10.5. The van der Waals surface area contributed by atoms with Crippen LogP contribution in [0.4, 0.5) is 0 Å². The van der Waals surface area contributed by atoms with Crippen molar-refractivity contribution in [2.24, 2.45) is 0 Å². The maximum atomic E-state index is 10.5. The van der Waals surface area contributed by atoms with Crippen LogP contribution < -0.4 is 54.9 Å². The van der Waals surface area contributed by atoms with Crippen LogP contribution in [0.5, 0.6) is 51.7 Å². The molecule has 0 aromatic heterocycles. The van der Waals surface area contributed by atoms with Gasteiger partial charge in [-0.05, 0) is 252 Å². The molecule has 3 aliphatic rings. The van der Waals surface area contributed by atoms with E-state index in [0.717, 1.165) is 124 Å². The van der Waals surface area contributed by atoms with Crippen molar-refractivity contribution in [1.82, 2.24) is 0 Å². The average molecular weight is 2130 g/mol. The number of aliphatic hydroxyl groups is 13. The molecule has 14 N–H and O–H groups in total. The summed E-state index contributed by atoms with van der Waals surface area (Å²) in [5.74, 6) is 4.86. The van der Waals surface area contributed by atoms with Gasteiger partial charge >= 0.3 is 23.1 Å². The number of benzene rings is 9. The molecule has 8 atom stereocenters. The third-order valence-electron chi connectivity index (χ3n) is 21.4. The van der Waals surface area contributed by atoms with Gasteiger partial charge in [-0.2, -0.15) is 0 Å². The summed E-state index contributed by atoms with van der Waals surface area (Å²) in [7, 11) is 12.4. The van der Waals surface area contributed by atoms with E-state index < -0.39 is 30.5 Å². The van der Waals surface area contributed by atoms with Gasteiger partial charge < -0.3 is 147 Å². The van der Waals surface area contributed by atoms with Gasteiger partial charge in [-0.15, -0.1) is 19.7 Å². The molecule has 3 unspecified atom stereocenters. The summed E-state index contributed by atoms with van der Waals surface area (Å²) in [4.78, 5) is 21.0. The van der Waals surface area contributed by atoms with E-state index in [2.05, 4.69) is 83.8 Å². The van der Waals surface area contributed by atoms with Crippen LogP contribution in [0.2, 0.25) is 0 Å². The van der Waals surface area contributed by atoms with E-state index in [1.54, 1.807) is 115 Å². The zero-order valence-corrected chi connectivity index (χ0v) is 88.9. The van der Waals surface area contributed by atoms with Crippen LogP contribution in [-0.4, -0.2) is 207 Å². The Balaban J connectivity index is 0. The Morgan fingerprint density at radius 1 is 0.399 bits per heavy atom. The van der Waals surface area contributed by atoms with Crippen molar-refractivity contribution in [3.8, 4) is 51.7 Å². The van der Waals surface area contributed by atoms with Crippen molar-refractivity contribution >= 4 is 73.6 Å². The van der Waals surface area contributed by atoms with Crippen molar-refractivity contribution < 1.29 is 150 Å². The molecule has 3 saturated heterocycles. The van der Waals surface area contributed by atoms with Crippen LogP contribution >= 0.6 is 31.9 Å². The summed E-state index contributed by atoms with van der Waals surface area (Å²) in [5.41, 5.74) is 18.8. The average Bonchev–Trinajstić information content (AvgIpc) is 1.69. The molecular weight excluding hydrogens is 1980 g/mol. The van der Waals surface area contributed by atoms with Crippen molar-refractivity contribution in [1.29, 1.82) is 0 Å². The first kappa shape index (κ1) is 131. The Labute approximate surface area is 858 Å². The van der Waals surface area contributed by atoms with Crippen LogP contribution in [0.15, 0.2) is 178 Å². The molecule has 3 fully saturated rings. The van der Waals surface area contributed by atoms with Crippen LogP contribution in [-0.2, 0) is 72.4 Å². The molecule has 756 valence electrons. The van der Waals surface area contributed by atoms with Gasteiger partial charge in [-0.1, -0.05) is 137 Å². The predicted molar refractivity (Wildman–Crippen MR) is 545 cm³/mol. The number of allylic oxidation sites excluding steroid dienone is 1. The quantitative estimate of drug-likeness (QED) is 0.00479. The second-order valence-corrected chi connectivity index (χ2v) is 31.2. The minimum Gasteiger partial charge on any atom is -1.00 e. The molecule has 9 aromatic rings. The van der Waals surface area contributed by atoms with E-state index in [1.807, 2.05) is 105 Å². The van der Waals surface area contributed by atoms with Crippen molar-refractivity contribution in [3.05, 3.63) is 318 Å². The summed E-state index contributed by atoms with van der Waals surface area (Å²) in [6, 6.07) is 38.0. The zero-order valence-electron chi connectivity index (χ0n) is 82.7. The van der Waals surface area contributed by atoms with E-state index in [9.17, 15) is 55.5 Å². The van der Waals surface area contributed by atoms with Crippen molar-refractivity contribution in [2.75, 3.05) is 82.0 Å². The Morgan fingerprint density at radius 3 is 0.877 bits per heavy atom. The Kier molecular flexibility index (Phi) is 69.2. The van der Waals surface area contributed by atoms with E-state index >= 15 is 0 Å². The predicted octanol–water partition coefficient (Wildman–Crippen LogP) is 13.9.